The van der Waals surface area contributed by atoms with Crippen LogP contribution in [0.4, 0.5) is 0 Å². The van der Waals surface area contributed by atoms with Crippen LogP contribution in [0, 0.1) is 0 Å². The summed E-state index contributed by atoms with van der Waals surface area (Å²) in [5.41, 5.74) is 5.94. The van der Waals surface area contributed by atoms with Crippen molar-refractivity contribution in [3.63, 3.8) is 0 Å². The summed E-state index contributed by atoms with van der Waals surface area (Å²) in [7, 11) is 1.54. The summed E-state index contributed by atoms with van der Waals surface area (Å²) in [5, 5.41) is 2.84. The van der Waals surface area contributed by atoms with Gasteiger partial charge >= 0.3 is 0 Å². The highest BCUT2D eigenvalue weighted by Gasteiger charge is 2.10. The topological polar surface area (TPSA) is 73.6 Å². The molecule has 0 unspecified atom stereocenters. The summed E-state index contributed by atoms with van der Waals surface area (Å²) < 4.78 is 10.6. The Morgan fingerprint density at radius 3 is 2.84 bits per heavy atom. The third-order valence-corrected chi connectivity index (χ3v) is 3.01. The van der Waals surface area contributed by atoms with Crippen molar-refractivity contribution in [2.75, 3.05) is 38.8 Å². The van der Waals surface area contributed by atoms with Gasteiger partial charge in [-0.15, -0.1) is 0 Å². The molecule has 0 spiro atoms. The van der Waals surface area contributed by atoms with Gasteiger partial charge in [0.15, 0.2) is 11.5 Å². The Hall–Kier alpha value is -1.40. The van der Waals surface area contributed by atoms with E-state index in [1.54, 1.807) is 37.1 Å². The Balaban J connectivity index is 2.72. The summed E-state index contributed by atoms with van der Waals surface area (Å²) in [5.74, 6) is 1.90. The molecule has 0 aliphatic carbocycles. The average Bonchev–Trinajstić information content (AvgIpc) is 2.45. The first-order valence-electron chi connectivity index (χ1n) is 6.01. The standard InChI is InChI=1S/C13H20N2O3S/c1-17-12-9-10(13(16)15-6-8-19-2)3-4-11(12)18-7-5-14/h3-4,9H,5-8,14H2,1-2H3,(H,15,16). The van der Waals surface area contributed by atoms with Crippen molar-refractivity contribution in [2.45, 2.75) is 0 Å². The van der Waals surface area contributed by atoms with Crippen molar-refractivity contribution in [3.8, 4) is 11.5 Å². The number of methoxy groups -OCH3 is 1. The molecule has 1 aromatic carbocycles. The molecule has 0 aliphatic rings. The smallest absolute Gasteiger partial charge is 0.251 e. The molecule has 3 N–H and O–H groups in total. The van der Waals surface area contributed by atoms with E-state index in [0.717, 1.165) is 5.75 Å². The molecule has 0 bridgehead atoms. The number of hydrogen-bond acceptors (Lipinski definition) is 5. The molecule has 1 rings (SSSR count). The Morgan fingerprint density at radius 1 is 1.42 bits per heavy atom. The van der Waals surface area contributed by atoms with E-state index >= 15 is 0 Å². The van der Waals surface area contributed by atoms with Crippen molar-refractivity contribution in [1.82, 2.24) is 5.32 Å². The van der Waals surface area contributed by atoms with E-state index in [2.05, 4.69) is 5.32 Å². The molecule has 106 valence electrons. The van der Waals surface area contributed by atoms with Crippen molar-refractivity contribution < 1.29 is 14.3 Å². The molecule has 0 fully saturated rings. The molecule has 0 atom stereocenters. The van der Waals surface area contributed by atoms with Gasteiger partial charge in [0.05, 0.1) is 7.11 Å². The van der Waals surface area contributed by atoms with Gasteiger partial charge in [0, 0.05) is 24.4 Å². The monoisotopic (exact) mass is 284 g/mol. The molecule has 1 amide bonds. The van der Waals surface area contributed by atoms with Crippen molar-refractivity contribution >= 4 is 17.7 Å². The Kier molecular flexibility index (Phi) is 7.14. The van der Waals surface area contributed by atoms with Crippen LogP contribution < -0.4 is 20.5 Å². The zero-order valence-corrected chi connectivity index (χ0v) is 12.1. The van der Waals surface area contributed by atoms with E-state index in [0.29, 0.717) is 36.8 Å². The molecule has 0 heterocycles. The Labute approximate surface area is 117 Å². The number of carbonyl (C=O) groups excluding carboxylic acids is 1. The van der Waals surface area contributed by atoms with E-state index in [1.165, 1.54) is 0 Å². The number of amides is 1. The lowest BCUT2D eigenvalue weighted by Crippen LogP contribution is -2.25. The van der Waals surface area contributed by atoms with Crippen LogP contribution in [0.5, 0.6) is 11.5 Å². The molecule has 1 aromatic rings. The number of rotatable bonds is 8. The molecule has 19 heavy (non-hydrogen) atoms. The number of ether oxygens (including phenoxy) is 2. The second kappa shape index (κ2) is 8.66. The Bertz CT molecular complexity index is 413. The summed E-state index contributed by atoms with van der Waals surface area (Å²) >= 11 is 1.69. The highest BCUT2D eigenvalue weighted by Crippen LogP contribution is 2.27. The highest BCUT2D eigenvalue weighted by molar-refractivity contribution is 7.98. The predicted molar refractivity (Wildman–Crippen MR) is 78.3 cm³/mol. The van der Waals surface area contributed by atoms with Gasteiger partial charge < -0.3 is 20.5 Å². The maximum Gasteiger partial charge on any atom is 0.251 e. The second-order valence-corrected chi connectivity index (χ2v) is 4.74. The number of thioether (sulfide) groups is 1. The van der Waals surface area contributed by atoms with E-state index in [4.69, 9.17) is 15.2 Å². The zero-order chi connectivity index (χ0) is 14.1. The minimum atomic E-state index is -0.113. The van der Waals surface area contributed by atoms with E-state index in [9.17, 15) is 4.79 Å². The molecular formula is C13H20N2O3S. The predicted octanol–water partition coefficient (Wildman–Crippen LogP) is 1.13. The number of nitrogens with two attached hydrogens (primary N) is 1. The first kappa shape index (κ1) is 15.7. The zero-order valence-electron chi connectivity index (χ0n) is 11.3. The number of benzene rings is 1. The molecule has 0 radical (unpaired) electrons. The molecule has 0 saturated heterocycles. The fraction of sp³-hybridized carbons (Fsp3) is 0.462. The minimum absolute atomic E-state index is 0.113. The fourth-order valence-corrected chi connectivity index (χ4v) is 1.77. The minimum Gasteiger partial charge on any atom is -0.493 e. The van der Waals surface area contributed by atoms with Gasteiger partial charge in [-0.1, -0.05) is 0 Å². The van der Waals surface area contributed by atoms with Gasteiger partial charge in [0.1, 0.15) is 6.61 Å². The van der Waals surface area contributed by atoms with E-state index < -0.39 is 0 Å². The quantitative estimate of drug-likeness (QED) is 0.700. The first-order chi connectivity index (χ1) is 9.22. The van der Waals surface area contributed by atoms with Crippen LogP contribution in [0.3, 0.4) is 0 Å². The molecule has 0 aliphatic heterocycles. The largest absolute Gasteiger partial charge is 0.493 e. The van der Waals surface area contributed by atoms with E-state index in [-0.39, 0.29) is 5.91 Å². The molecular weight excluding hydrogens is 264 g/mol. The average molecular weight is 284 g/mol. The van der Waals surface area contributed by atoms with Crippen LogP contribution in [-0.4, -0.2) is 44.7 Å². The van der Waals surface area contributed by atoms with Crippen molar-refractivity contribution in [2.24, 2.45) is 5.73 Å². The first-order valence-corrected chi connectivity index (χ1v) is 7.40. The number of nitrogens with one attached hydrogen (secondary N) is 1. The van der Waals surface area contributed by atoms with Crippen LogP contribution in [0.2, 0.25) is 0 Å². The third kappa shape index (κ3) is 5.00. The summed E-state index contributed by atoms with van der Waals surface area (Å²) in [6.45, 7) is 1.49. The lowest BCUT2D eigenvalue weighted by Gasteiger charge is -2.11. The third-order valence-electron chi connectivity index (χ3n) is 2.39. The normalized spacial score (nSPS) is 10.1. The van der Waals surface area contributed by atoms with Crippen LogP contribution in [0.15, 0.2) is 18.2 Å². The van der Waals surface area contributed by atoms with Gasteiger partial charge in [-0.3, -0.25) is 4.79 Å². The van der Waals surface area contributed by atoms with Crippen molar-refractivity contribution in [1.29, 1.82) is 0 Å². The van der Waals surface area contributed by atoms with Gasteiger partial charge in [0.25, 0.3) is 5.91 Å². The van der Waals surface area contributed by atoms with Gasteiger partial charge in [-0.25, -0.2) is 0 Å². The summed E-state index contributed by atoms with van der Waals surface area (Å²) in [4.78, 5) is 11.9. The summed E-state index contributed by atoms with van der Waals surface area (Å²) in [6.07, 6.45) is 2.00. The van der Waals surface area contributed by atoms with Crippen molar-refractivity contribution in [3.05, 3.63) is 23.8 Å². The SMILES string of the molecule is COc1cc(C(=O)NCCSC)ccc1OCCN. The van der Waals surface area contributed by atoms with Crippen LogP contribution in [0.1, 0.15) is 10.4 Å². The molecule has 5 nitrogen and oxygen atoms in total. The molecule has 0 saturated carbocycles. The Morgan fingerprint density at radius 2 is 2.21 bits per heavy atom. The molecule has 6 heteroatoms. The number of hydrogen-bond donors (Lipinski definition) is 2. The molecule has 0 aromatic heterocycles. The van der Waals surface area contributed by atoms with Crippen LogP contribution >= 0.6 is 11.8 Å². The van der Waals surface area contributed by atoms with E-state index in [1.807, 2.05) is 6.26 Å². The van der Waals surface area contributed by atoms with Gasteiger partial charge in [0.2, 0.25) is 0 Å². The highest BCUT2D eigenvalue weighted by atomic mass is 32.2. The maximum atomic E-state index is 11.9. The summed E-state index contributed by atoms with van der Waals surface area (Å²) in [6, 6.07) is 5.10. The fourth-order valence-electron chi connectivity index (χ4n) is 1.47. The lowest BCUT2D eigenvalue weighted by molar-refractivity contribution is 0.0956. The van der Waals surface area contributed by atoms with Gasteiger partial charge in [-0.2, -0.15) is 11.8 Å². The maximum absolute atomic E-state index is 11.9. The number of carbonyl (C=O) groups is 1. The lowest BCUT2D eigenvalue weighted by atomic mass is 10.2. The van der Waals surface area contributed by atoms with Crippen LogP contribution in [-0.2, 0) is 0 Å². The van der Waals surface area contributed by atoms with Crippen LogP contribution in [0.25, 0.3) is 0 Å². The van der Waals surface area contributed by atoms with Gasteiger partial charge in [-0.05, 0) is 24.5 Å². The second-order valence-electron chi connectivity index (χ2n) is 3.75.